The summed E-state index contributed by atoms with van der Waals surface area (Å²) in [5.41, 5.74) is 0.867. The number of nitro groups is 1. The molecule has 0 aliphatic heterocycles. The van der Waals surface area contributed by atoms with Gasteiger partial charge in [0, 0.05) is 13.1 Å². The summed E-state index contributed by atoms with van der Waals surface area (Å²) in [7, 11) is 1.59. The third kappa shape index (κ3) is 3.41. The number of para-hydroxylation sites is 1. The van der Waals surface area contributed by atoms with E-state index in [0.29, 0.717) is 11.3 Å². The van der Waals surface area contributed by atoms with Gasteiger partial charge in [-0.25, -0.2) is 4.39 Å². The fraction of sp³-hybridized carbons (Fsp3) is 0.143. The Kier molecular flexibility index (Phi) is 4.59. The van der Waals surface area contributed by atoms with Gasteiger partial charge in [0.2, 0.25) is 0 Å². The van der Waals surface area contributed by atoms with E-state index in [2.05, 4.69) is 5.32 Å². The molecule has 0 aromatic heterocycles. The molecule has 0 unspecified atom stereocenters. The number of ether oxygens (including phenoxy) is 1. The van der Waals surface area contributed by atoms with Crippen molar-refractivity contribution in [3.63, 3.8) is 0 Å². The molecule has 0 radical (unpaired) electrons. The summed E-state index contributed by atoms with van der Waals surface area (Å²) in [5.74, 6) is -0.650. The van der Waals surface area contributed by atoms with Crippen LogP contribution in [-0.4, -0.2) is 12.0 Å². The maximum atomic E-state index is 13.6. The Labute approximate surface area is 125 Å². The van der Waals surface area contributed by atoms with Gasteiger partial charge in [-0.2, -0.15) is 0 Å². The van der Waals surface area contributed by atoms with Crippen molar-refractivity contribution in [1.29, 1.82) is 0 Å². The van der Waals surface area contributed by atoms with Crippen LogP contribution < -0.4 is 10.1 Å². The molecular formula is C14H12ClFN2O3. The summed E-state index contributed by atoms with van der Waals surface area (Å²) >= 11 is 5.84. The van der Waals surface area contributed by atoms with Crippen molar-refractivity contribution in [2.24, 2.45) is 0 Å². The molecule has 7 heteroatoms. The highest BCUT2D eigenvalue weighted by Crippen LogP contribution is 2.29. The van der Waals surface area contributed by atoms with E-state index in [9.17, 15) is 14.5 Å². The molecule has 0 aliphatic rings. The normalized spacial score (nSPS) is 10.2. The molecule has 0 saturated carbocycles. The first kappa shape index (κ1) is 15.1. The van der Waals surface area contributed by atoms with E-state index in [0.717, 1.165) is 0 Å². The number of halogens is 2. The summed E-state index contributed by atoms with van der Waals surface area (Å²) in [5, 5.41) is 13.8. The second-order valence-electron chi connectivity index (χ2n) is 4.20. The van der Waals surface area contributed by atoms with Crippen LogP contribution in [0.1, 0.15) is 5.56 Å². The Morgan fingerprint density at radius 1 is 1.38 bits per heavy atom. The number of anilines is 1. The first-order valence-electron chi connectivity index (χ1n) is 6.05. The molecule has 110 valence electrons. The molecule has 0 fully saturated rings. The second-order valence-corrected chi connectivity index (χ2v) is 4.61. The fourth-order valence-corrected chi connectivity index (χ4v) is 2.02. The number of rotatable bonds is 5. The standard InChI is InChI=1S/C14H12ClFN2O3/c1-17-12-6-5-9(7-13(12)18(19)20)8-21-14-10(15)3-2-4-11(14)16/h2-7,17H,8H2,1H3. The minimum Gasteiger partial charge on any atom is -0.484 e. The fourth-order valence-electron chi connectivity index (χ4n) is 1.81. The molecule has 0 spiro atoms. The zero-order valence-electron chi connectivity index (χ0n) is 11.1. The first-order chi connectivity index (χ1) is 10.0. The molecule has 0 bridgehead atoms. The van der Waals surface area contributed by atoms with Crippen LogP contribution in [0.25, 0.3) is 0 Å². The molecule has 0 atom stereocenters. The maximum absolute atomic E-state index is 13.6. The van der Waals surface area contributed by atoms with E-state index in [-0.39, 0.29) is 23.1 Å². The summed E-state index contributed by atoms with van der Waals surface area (Å²) in [6.45, 7) is -0.0223. The Balaban J connectivity index is 2.21. The van der Waals surface area contributed by atoms with Gasteiger partial charge in [-0.1, -0.05) is 23.7 Å². The van der Waals surface area contributed by atoms with Crippen molar-refractivity contribution >= 4 is 23.0 Å². The van der Waals surface area contributed by atoms with Gasteiger partial charge < -0.3 is 10.1 Å². The van der Waals surface area contributed by atoms with Gasteiger partial charge in [-0.15, -0.1) is 0 Å². The smallest absolute Gasteiger partial charge is 0.292 e. The third-order valence-electron chi connectivity index (χ3n) is 2.83. The van der Waals surface area contributed by atoms with Crippen molar-refractivity contribution in [3.05, 3.63) is 62.9 Å². The zero-order chi connectivity index (χ0) is 15.4. The van der Waals surface area contributed by atoms with E-state index in [4.69, 9.17) is 16.3 Å². The van der Waals surface area contributed by atoms with E-state index >= 15 is 0 Å². The van der Waals surface area contributed by atoms with Gasteiger partial charge in [0.15, 0.2) is 11.6 Å². The quantitative estimate of drug-likeness (QED) is 0.669. The molecule has 1 N–H and O–H groups in total. The van der Waals surface area contributed by atoms with E-state index in [1.807, 2.05) is 0 Å². The number of nitrogens with one attached hydrogen (secondary N) is 1. The SMILES string of the molecule is CNc1ccc(COc2c(F)cccc2Cl)cc1[N+](=O)[O-]. The molecule has 0 aliphatic carbocycles. The number of hydrogen-bond donors (Lipinski definition) is 1. The van der Waals surface area contributed by atoms with Crippen molar-refractivity contribution in [1.82, 2.24) is 0 Å². The molecule has 2 aromatic carbocycles. The molecule has 0 heterocycles. The van der Waals surface area contributed by atoms with Crippen molar-refractivity contribution < 1.29 is 14.1 Å². The number of hydrogen-bond acceptors (Lipinski definition) is 4. The summed E-state index contributed by atoms with van der Waals surface area (Å²) < 4.78 is 18.9. The molecule has 21 heavy (non-hydrogen) atoms. The molecule has 0 saturated heterocycles. The minimum atomic E-state index is -0.580. The summed E-state index contributed by atoms with van der Waals surface area (Å²) in [6.07, 6.45) is 0. The van der Waals surface area contributed by atoms with Gasteiger partial charge in [-0.05, 0) is 23.8 Å². The highest BCUT2D eigenvalue weighted by atomic mass is 35.5. The lowest BCUT2D eigenvalue weighted by atomic mass is 10.2. The third-order valence-corrected chi connectivity index (χ3v) is 3.13. The van der Waals surface area contributed by atoms with Crippen LogP contribution in [0.2, 0.25) is 5.02 Å². The number of nitrogens with zero attached hydrogens (tertiary/aromatic N) is 1. The van der Waals surface area contributed by atoms with E-state index < -0.39 is 10.7 Å². The van der Waals surface area contributed by atoms with Gasteiger partial charge in [-0.3, -0.25) is 10.1 Å². The average Bonchev–Trinajstić information content (AvgIpc) is 2.46. The van der Waals surface area contributed by atoms with Crippen LogP contribution in [-0.2, 0) is 6.61 Å². The topological polar surface area (TPSA) is 64.4 Å². The average molecular weight is 311 g/mol. The van der Waals surface area contributed by atoms with E-state index in [1.165, 1.54) is 24.3 Å². The maximum Gasteiger partial charge on any atom is 0.292 e. The molecule has 5 nitrogen and oxygen atoms in total. The lowest BCUT2D eigenvalue weighted by Crippen LogP contribution is -2.01. The van der Waals surface area contributed by atoms with Crippen LogP contribution >= 0.6 is 11.6 Å². The molecule has 2 aromatic rings. The monoisotopic (exact) mass is 310 g/mol. The second kappa shape index (κ2) is 6.41. The van der Waals surface area contributed by atoms with Gasteiger partial charge >= 0.3 is 0 Å². The van der Waals surface area contributed by atoms with Crippen LogP contribution in [0, 0.1) is 15.9 Å². The van der Waals surface area contributed by atoms with E-state index in [1.54, 1.807) is 19.2 Å². The van der Waals surface area contributed by atoms with Crippen LogP contribution in [0.5, 0.6) is 5.75 Å². The Morgan fingerprint density at radius 2 is 2.14 bits per heavy atom. The van der Waals surface area contributed by atoms with Crippen LogP contribution in [0.3, 0.4) is 0 Å². The molecular weight excluding hydrogens is 299 g/mol. The highest BCUT2D eigenvalue weighted by molar-refractivity contribution is 6.32. The predicted molar refractivity (Wildman–Crippen MR) is 78.4 cm³/mol. The zero-order valence-corrected chi connectivity index (χ0v) is 11.9. The Bertz CT molecular complexity index is 659. The summed E-state index contributed by atoms with van der Waals surface area (Å²) in [6, 6.07) is 8.81. The van der Waals surface area contributed by atoms with Crippen LogP contribution in [0.4, 0.5) is 15.8 Å². The largest absolute Gasteiger partial charge is 0.484 e. The van der Waals surface area contributed by atoms with Crippen LogP contribution in [0.15, 0.2) is 36.4 Å². The first-order valence-corrected chi connectivity index (χ1v) is 6.42. The lowest BCUT2D eigenvalue weighted by molar-refractivity contribution is -0.384. The number of benzene rings is 2. The Hall–Kier alpha value is -2.34. The van der Waals surface area contributed by atoms with Crippen molar-refractivity contribution in [2.75, 3.05) is 12.4 Å². The molecule has 0 amide bonds. The van der Waals surface area contributed by atoms with Gasteiger partial charge in [0.05, 0.1) is 9.95 Å². The van der Waals surface area contributed by atoms with Gasteiger partial charge in [0.1, 0.15) is 12.3 Å². The number of nitro benzene ring substituents is 1. The Morgan fingerprint density at radius 3 is 2.76 bits per heavy atom. The summed E-state index contributed by atoms with van der Waals surface area (Å²) in [4.78, 5) is 10.5. The highest BCUT2D eigenvalue weighted by Gasteiger charge is 2.14. The van der Waals surface area contributed by atoms with Crippen molar-refractivity contribution in [2.45, 2.75) is 6.61 Å². The minimum absolute atomic E-state index is 0.0223. The lowest BCUT2D eigenvalue weighted by Gasteiger charge is -2.10. The van der Waals surface area contributed by atoms with Gasteiger partial charge in [0.25, 0.3) is 5.69 Å². The van der Waals surface area contributed by atoms with Crippen molar-refractivity contribution in [3.8, 4) is 5.75 Å². The predicted octanol–water partition coefficient (Wildman–Crippen LogP) is 4.01. The molecule has 2 rings (SSSR count).